The van der Waals surface area contributed by atoms with Crippen LogP contribution in [0.2, 0.25) is 0 Å². The topological polar surface area (TPSA) is 44.1 Å². The first-order valence-corrected chi connectivity index (χ1v) is 8.01. The monoisotopic (exact) mass is 320 g/mol. The third kappa shape index (κ3) is 2.95. The van der Waals surface area contributed by atoms with Crippen molar-refractivity contribution in [2.75, 3.05) is 6.61 Å². The lowest BCUT2D eigenvalue weighted by atomic mass is 10.1. The zero-order valence-electron chi connectivity index (χ0n) is 14.1. The van der Waals surface area contributed by atoms with Crippen LogP contribution in [0.4, 0.5) is 0 Å². The van der Waals surface area contributed by atoms with Crippen LogP contribution in [0.1, 0.15) is 28.5 Å². The molecule has 0 aliphatic heterocycles. The normalized spacial score (nSPS) is 10.6. The van der Waals surface area contributed by atoms with Gasteiger partial charge in [-0.05, 0) is 44.0 Å². The van der Waals surface area contributed by atoms with Crippen molar-refractivity contribution < 1.29 is 9.53 Å². The Labute approximate surface area is 141 Å². The Kier molecular flexibility index (Phi) is 4.47. The molecule has 0 atom stereocenters. The number of ether oxygens (including phenoxy) is 1. The maximum absolute atomic E-state index is 12.4. The van der Waals surface area contributed by atoms with Gasteiger partial charge in [0.15, 0.2) is 5.69 Å². The van der Waals surface area contributed by atoms with Crippen molar-refractivity contribution >= 4 is 5.97 Å². The summed E-state index contributed by atoms with van der Waals surface area (Å²) in [4.78, 5) is 12.4. The van der Waals surface area contributed by atoms with E-state index in [1.165, 1.54) is 0 Å². The van der Waals surface area contributed by atoms with E-state index in [0.29, 0.717) is 12.3 Å². The molecule has 4 nitrogen and oxygen atoms in total. The summed E-state index contributed by atoms with van der Waals surface area (Å²) in [7, 11) is 0. The third-order valence-corrected chi connectivity index (χ3v) is 3.96. The maximum Gasteiger partial charge on any atom is 0.357 e. The standard InChI is InChI=1S/C20H20N2O2/c1-4-24-20(23)19-13-17(16-11-7-5-9-14(16)2)21-22(19)18-12-8-6-10-15(18)3/h5-13H,4H2,1-3H3. The molecule has 0 unspecified atom stereocenters. The summed E-state index contributed by atoms with van der Waals surface area (Å²) in [6.45, 7) is 6.16. The summed E-state index contributed by atoms with van der Waals surface area (Å²) in [5.41, 5.74) is 5.24. The molecule has 24 heavy (non-hydrogen) atoms. The van der Waals surface area contributed by atoms with Gasteiger partial charge >= 0.3 is 5.97 Å². The van der Waals surface area contributed by atoms with E-state index in [9.17, 15) is 4.79 Å². The Bertz CT molecular complexity index is 881. The number of hydrogen-bond donors (Lipinski definition) is 0. The molecular weight excluding hydrogens is 300 g/mol. The molecule has 0 amide bonds. The number of nitrogens with zero attached hydrogens (tertiary/aromatic N) is 2. The van der Waals surface area contributed by atoms with Gasteiger partial charge in [0.05, 0.1) is 18.0 Å². The lowest BCUT2D eigenvalue weighted by Crippen LogP contribution is -2.12. The van der Waals surface area contributed by atoms with Crippen LogP contribution in [0.5, 0.6) is 0 Å². The Morgan fingerprint density at radius 1 is 1.04 bits per heavy atom. The van der Waals surface area contributed by atoms with Crippen molar-refractivity contribution in [3.8, 4) is 16.9 Å². The van der Waals surface area contributed by atoms with Crippen molar-refractivity contribution in [3.63, 3.8) is 0 Å². The molecule has 2 aromatic carbocycles. The van der Waals surface area contributed by atoms with Gasteiger partial charge in [-0.1, -0.05) is 42.5 Å². The van der Waals surface area contributed by atoms with Gasteiger partial charge in [0.25, 0.3) is 0 Å². The summed E-state index contributed by atoms with van der Waals surface area (Å²) < 4.78 is 6.89. The number of esters is 1. The van der Waals surface area contributed by atoms with Crippen LogP contribution in [0.15, 0.2) is 54.6 Å². The van der Waals surface area contributed by atoms with Crippen LogP contribution in [0.25, 0.3) is 16.9 Å². The van der Waals surface area contributed by atoms with E-state index in [1.807, 2.05) is 62.4 Å². The van der Waals surface area contributed by atoms with E-state index in [0.717, 1.165) is 28.1 Å². The van der Waals surface area contributed by atoms with E-state index < -0.39 is 0 Å². The first-order chi connectivity index (χ1) is 11.6. The van der Waals surface area contributed by atoms with E-state index in [1.54, 1.807) is 17.7 Å². The molecule has 0 N–H and O–H groups in total. The van der Waals surface area contributed by atoms with Crippen molar-refractivity contribution in [2.24, 2.45) is 0 Å². The number of para-hydroxylation sites is 1. The maximum atomic E-state index is 12.4. The van der Waals surface area contributed by atoms with Gasteiger partial charge in [-0.3, -0.25) is 0 Å². The van der Waals surface area contributed by atoms with E-state index >= 15 is 0 Å². The molecule has 3 aromatic rings. The number of carbonyl (C=O) groups excluding carboxylic acids is 1. The highest BCUT2D eigenvalue weighted by molar-refractivity contribution is 5.90. The van der Waals surface area contributed by atoms with Gasteiger partial charge in [-0.2, -0.15) is 5.10 Å². The van der Waals surface area contributed by atoms with Crippen molar-refractivity contribution in [1.29, 1.82) is 0 Å². The molecular formula is C20H20N2O2. The predicted octanol–water partition coefficient (Wildman–Crippen LogP) is 4.33. The zero-order valence-corrected chi connectivity index (χ0v) is 14.1. The molecule has 122 valence electrons. The van der Waals surface area contributed by atoms with Gasteiger partial charge < -0.3 is 4.74 Å². The molecule has 0 spiro atoms. The quantitative estimate of drug-likeness (QED) is 0.672. The fourth-order valence-electron chi connectivity index (χ4n) is 2.71. The molecule has 0 aliphatic rings. The summed E-state index contributed by atoms with van der Waals surface area (Å²) in [6.07, 6.45) is 0. The highest BCUT2D eigenvalue weighted by Crippen LogP contribution is 2.26. The average Bonchev–Trinajstić information content (AvgIpc) is 3.01. The van der Waals surface area contributed by atoms with Gasteiger partial charge in [-0.25, -0.2) is 9.48 Å². The third-order valence-electron chi connectivity index (χ3n) is 3.96. The van der Waals surface area contributed by atoms with Gasteiger partial charge in [0.1, 0.15) is 0 Å². The largest absolute Gasteiger partial charge is 0.461 e. The molecule has 1 heterocycles. The fraction of sp³-hybridized carbons (Fsp3) is 0.200. The average molecular weight is 320 g/mol. The van der Waals surface area contributed by atoms with Gasteiger partial charge in [0, 0.05) is 5.56 Å². The van der Waals surface area contributed by atoms with Crippen LogP contribution in [-0.4, -0.2) is 22.4 Å². The predicted molar refractivity (Wildman–Crippen MR) is 94.4 cm³/mol. The second-order valence-electron chi connectivity index (χ2n) is 5.65. The van der Waals surface area contributed by atoms with Gasteiger partial charge in [-0.15, -0.1) is 0 Å². The lowest BCUT2D eigenvalue weighted by molar-refractivity contribution is 0.0515. The summed E-state index contributed by atoms with van der Waals surface area (Å²) in [5.74, 6) is -0.368. The molecule has 0 radical (unpaired) electrons. The van der Waals surface area contributed by atoms with E-state index in [2.05, 4.69) is 0 Å². The lowest BCUT2D eigenvalue weighted by Gasteiger charge is -2.09. The Balaban J connectivity index is 2.19. The van der Waals surface area contributed by atoms with Crippen LogP contribution in [-0.2, 0) is 4.74 Å². The molecule has 1 aromatic heterocycles. The molecule has 4 heteroatoms. The minimum Gasteiger partial charge on any atom is -0.461 e. The number of aryl methyl sites for hydroxylation is 2. The van der Waals surface area contributed by atoms with Crippen LogP contribution >= 0.6 is 0 Å². The highest BCUT2D eigenvalue weighted by Gasteiger charge is 2.20. The van der Waals surface area contributed by atoms with Gasteiger partial charge in [0.2, 0.25) is 0 Å². The Morgan fingerprint density at radius 2 is 1.71 bits per heavy atom. The second-order valence-corrected chi connectivity index (χ2v) is 5.65. The van der Waals surface area contributed by atoms with E-state index in [4.69, 9.17) is 9.84 Å². The number of benzene rings is 2. The summed E-state index contributed by atoms with van der Waals surface area (Å²) in [5, 5.41) is 4.69. The SMILES string of the molecule is CCOC(=O)c1cc(-c2ccccc2C)nn1-c1ccccc1C. The number of carbonyl (C=O) groups is 1. The molecule has 0 saturated heterocycles. The van der Waals surface area contributed by atoms with E-state index in [-0.39, 0.29) is 5.97 Å². The number of rotatable bonds is 4. The molecule has 0 fully saturated rings. The minimum absolute atomic E-state index is 0.331. The summed E-state index contributed by atoms with van der Waals surface area (Å²) in [6, 6.07) is 17.7. The van der Waals surface area contributed by atoms with Crippen LogP contribution in [0, 0.1) is 13.8 Å². The number of hydrogen-bond acceptors (Lipinski definition) is 3. The first-order valence-electron chi connectivity index (χ1n) is 8.01. The smallest absolute Gasteiger partial charge is 0.357 e. The molecule has 0 saturated carbocycles. The molecule has 0 aliphatic carbocycles. The minimum atomic E-state index is -0.368. The summed E-state index contributed by atoms with van der Waals surface area (Å²) >= 11 is 0. The van der Waals surface area contributed by atoms with Crippen molar-refractivity contribution in [1.82, 2.24) is 9.78 Å². The fourth-order valence-corrected chi connectivity index (χ4v) is 2.71. The Hall–Kier alpha value is -2.88. The molecule has 0 bridgehead atoms. The second kappa shape index (κ2) is 6.71. The Morgan fingerprint density at radius 3 is 2.38 bits per heavy atom. The highest BCUT2D eigenvalue weighted by atomic mass is 16.5. The first kappa shape index (κ1) is 16.0. The van der Waals surface area contributed by atoms with Crippen LogP contribution < -0.4 is 0 Å². The van der Waals surface area contributed by atoms with Crippen molar-refractivity contribution in [3.05, 3.63) is 71.4 Å². The molecule has 3 rings (SSSR count). The van der Waals surface area contributed by atoms with Crippen molar-refractivity contribution in [2.45, 2.75) is 20.8 Å². The van der Waals surface area contributed by atoms with Crippen LogP contribution in [0.3, 0.4) is 0 Å². The number of aromatic nitrogens is 2. The zero-order chi connectivity index (χ0) is 17.1.